The molecule has 0 bridgehead atoms. The van der Waals surface area contributed by atoms with Crippen molar-refractivity contribution in [3.8, 4) is 0 Å². The molecule has 0 aliphatic rings. The number of hydrogen-bond acceptors (Lipinski definition) is 6. The minimum absolute atomic E-state index is 0.0335. The average Bonchev–Trinajstić information content (AvgIpc) is 3.34. The van der Waals surface area contributed by atoms with E-state index in [4.69, 9.17) is 5.73 Å². The Morgan fingerprint density at radius 2 is 1.75 bits per heavy atom. The number of alkyl halides is 7. The first-order valence-electron chi connectivity index (χ1n) is 9.77. The fraction of sp³-hybridized carbons (Fsp3) is 0.250. The van der Waals surface area contributed by atoms with Crippen LogP contribution >= 0.6 is 11.3 Å². The van der Waals surface area contributed by atoms with Crippen molar-refractivity contribution < 1.29 is 40.3 Å². The molecule has 16 heteroatoms. The number of aryl methyl sites for hydroxylation is 2. The van der Waals surface area contributed by atoms with Crippen molar-refractivity contribution >= 4 is 44.7 Å². The number of amides is 2. The lowest BCUT2D eigenvalue weighted by Crippen LogP contribution is -2.36. The fourth-order valence-electron chi connectivity index (χ4n) is 3.47. The molecule has 0 radical (unpaired) electrons. The monoisotopic (exact) mass is 534 g/mol. The number of nitrogens with one attached hydrogen (secondary N) is 1. The molecule has 0 spiro atoms. The number of hydrogen-bond donors (Lipinski definition) is 2. The molecule has 0 fully saturated rings. The van der Waals surface area contributed by atoms with Gasteiger partial charge in [0.2, 0.25) is 0 Å². The predicted molar refractivity (Wildman–Crippen MR) is 113 cm³/mol. The average molecular weight is 534 g/mol. The van der Waals surface area contributed by atoms with Gasteiger partial charge in [0.15, 0.2) is 11.3 Å². The van der Waals surface area contributed by atoms with E-state index in [2.05, 4.69) is 20.4 Å². The number of anilines is 1. The fourth-order valence-corrected chi connectivity index (χ4v) is 4.53. The van der Waals surface area contributed by atoms with Crippen LogP contribution in [0.1, 0.15) is 49.2 Å². The molecule has 0 aromatic carbocycles. The van der Waals surface area contributed by atoms with Crippen molar-refractivity contribution in [2.24, 2.45) is 5.73 Å². The highest BCUT2D eigenvalue weighted by molar-refractivity contribution is 7.21. The first-order valence-corrected chi connectivity index (χ1v) is 10.6. The maximum atomic E-state index is 14.1. The normalized spacial score (nSPS) is 12.6. The number of thiophene rings is 1. The maximum absolute atomic E-state index is 14.1. The Balaban J connectivity index is 1.82. The van der Waals surface area contributed by atoms with Gasteiger partial charge in [-0.25, -0.2) is 23.3 Å². The van der Waals surface area contributed by atoms with Gasteiger partial charge in [-0.3, -0.25) is 9.59 Å². The smallest absolute Gasteiger partial charge is 0.365 e. The molecule has 190 valence electrons. The van der Waals surface area contributed by atoms with Gasteiger partial charge in [-0.05, 0) is 31.5 Å². The summed E-state index contributed by atoms with van der Waals surface area (Å²) in [7, 11) is 0. The van der Waals surface area contributed by atoms with Gasteiger partial charge in [0.05, 0.1) is 5.69 Å². The molecule has 0 aliphatic heterocycles. The second-order valence-electron chi connectivity index (χ2n) is 7.62. The van der Waals surface area contributed by atoms with E-state index in [0.29, 0.717) is 17.4 Å². The van der Waals surface area contributed by atoms with Gasteiger partial charge in [-0.1, -0.05) is 0 Å². The lowest BCUT2D eigenvalue weighted by Gasteiger charge is -2.20. The summed E-state index contributed by atoms with van der Waals surface area (Å²) in [6, 6.07) is 2.41. The molecule has 4 aromatic heterocycles. The third kappa shape index (κ3) is 4.10. The van der Waals surface area contributed by atoms with E-state index in [1.165, 1.54) is 13.8 Å². The zero-order valence-corrected chi connectivity index (χ0v) is 18.9. The maximum Gasteiger partial charge on any atom is 0.459 e. The Bertz CT molecular complexity index is 1540. The lowest BCUT2D eigenvalue weighted by molar-refractivity contribution is -0.291. The number of halogens is 7. The summed E-state index contributed by atoms with van der Waals surface area (Å²) in [6.45, 7) is 2.61. The minimum atomic E-state index is -5.95. The van der Waals surface area contributed by atoms with Crippen molar-refractivity contribution in [3.05, 3.63) is 51.4 Å². The minimum Gasteiger partial charge on any atom is -0.365 e. The van der Waals surface area contributed by atoms with E-state index >= 15 is 0 Å². The molecule has 0 saturated heterocycles. The van der Waals surface area contributed by atoms with Crippen LogP contribution in [-0.4, -0.2) is 37.6 Å². The Morgan fingerprint density at radius 3 is 2.33 bits per heavy atom. The lowest BCUT2D eigenvalue weighted by atomic mass is 10.1. The van der Waals surface area contributed by atoms with Crippen molar-refractivity contribution in [2.75, 3.05) is 5.32 Å². The number of fused-ring (bicyclic) bond motifs is 2. The third-order valence-corrected chi connectivity index (χ3v) is 6.13. The van der Waals surface area contributed by atoms with Gasteiger partial charge < -0.3 is 11.1 Å². The van der Waals surface area contributed by atoms with E-state index < -0.39 is 53.1 Å². The molecule has 4 heterocycles. The van der Waals surface area contributed by atoms with E-state index in [1.54, 1.807) is 0 Å². The summed E-state index contributed by atoms with van der Waals surface area (Å²) in [5, 5.41) is 6.00. The quantitative estimate of drug-likeness (QED) is 0.354. The molecule has 8 nitrogen and oxygen atoms in total. The Hall–Kier alpha value is -3.82. The van der Waals surface area contributed by atoms with Gasteiger partial charge in [-0.15, -0.1) is 11.3 Å². The highest BCUT2D eigenvalue weighted by Gasteiger charge is 2.60. The molecule has 3 N–H and O–H groups in total. The Kier molecular flexibility index (Phi) is 5.89. The SMILES string of the molecule is Cc1cc(C(F)(F)C(F)(F)F)n2nc(C(=O)Nc3c(C(N)=O)sc4nc(C(F)F)cc(C)c34)cc2n1. The Morgan fingerprint density at radius 1 is 1.08 bits per heavy atom. The predicted octanol–water partition coefficient (Wildman–Crippen LogP) is 4.90. The third-order valence-electron chi connectivity index (χ3n) is 5.03. The summed E-state index contributed by atoms with van der Waals surface area (Å²) >= 11 is 0.635. The summed E-state index contributed by atoms with van der Waals surface area (Å²) in [6.07, 6.45) is -8.86. The van der Waals surface area contributed by atoms with Crippen LogP contribution in [0.15, 0.2) is 18.2 Å². The molecule has 36 heavy (non-hydrogen) atoms. The van der Waals surface area contributed by atoms with Crippen molar-refractivity contribution in [3.63, 3.8) is 0 Å². The topological polar surface area (TPSA) is 115 Å². The Labute approximate surface area is 199 Å². The number of nitrogens with zero attached hydrogens (tertiary/aromatic N) is 4. The van der Waals surface area contributed by atoms with E-state index in [9.17, 15) is 40.3 Å². The highest BCUT2D eigenvalue weighted by Crippen LogP contribution is 2.44. The first kappa shape index (κ1) is 25.3. The van der Waals surface area contributed by atoms with Crippen LogP contribution in [0.25, 0.3) is 15.9 Å². The number of rotatable bonds is 5. The van der Waals surface area contributed by atoms with Crippen LogP contribution < -0.4 is 11.1 Å². The first-order chi connectivity index (χ1) is 16.6. The summed E-state index contributed by atoms with van der Waals surface area (Å²) in [5.41, 5.74) is 1.97. The molecule has 2 amide bonds. The molecule has 0 unspecified atom stereocenters. The zero-order chi connectivity index (χ0) is 26.7. The highest BCUT2D eigenvalue weighted by atomic mass is 32.1. The van der Waals surface area contributed by atoms with Crippen LogP contribution in [0, 0.1) is 13.8 Å². The van der Waals surface area contributed by atoms with Crippen LogP contribution in [0.4, 0.5) is 36.4 Å². The number of nitrogens with two attached hydrogens (primary N) is 1. The molecule has 4 aromatic rings. The van der Waals surface area contributed by atoms with Gasteiger partial charge >= 0.3 is 12.1 Å². The van der Waals surface area contributed by atoms with E-state index in [1.807, 2.05) is 0 Å². The van der Waals surface area contributed by atoms with Crippen LogP contribution in [0.3, 0.4) is 0 Å². The van der Waals surface area contributed by atoms with Crippen LogP contribution in [0.2, 0.25) is 0 Å². The van der Waals surface area contributed by atoms with Crippen molar-refractivity contribution in [2.45, 2.75) is 32.4 Å². The number of pyridine rings is 1. The second-order valence-corrected chi connectivity index (χ2v) is 8.62. The molecule has 4 rings (SSSR count). The summed E-state index contributed by atoms with van der Waals surface area (Å²) in [4.78, 5) is 32.2. The number of primary amides is 1. The van der Waals surface area contributed by atoms with E-state index in [-0.39, 0.29) is 36.6 Å². The van der Waals surface area contributed by atoms with Gasteiger partial charge in [0.25, 0.3) is 18.2 Å². The van der Waals surface area contributed by atoms with Crippen LogP contribution in [0.5, 0.6) is 0 Å². The number of aromatic nitrogens is 4. The van der Waals surface area contributed by atoms with Gasteiger partial charge in [0.1, 0.15) is 21.1 Å². The summed E-state index contributed by atoms with van der Waals surface area (Å²) < 4.78 is 93.7. The zero-order valence-electron chi connectivity index (χ0n) is 18.0. The molecule has 0 aliphatic carbocycles. The summed E-state index contributed by atoms with van der Waals surface area (Å²) in [5.74, 6) is -7.45. The van der Waals surface area contributed by atoms with Crippen molar-refractivity contribution in [1.29, 1.82) is 0 Å². The largest absolute Gasteiger partial charge is 0.459 e. The van der Waals surface area contributed by atoms with Crippen molar-refractivity contribution in [1.82, 2.24) is 19.6 Å². The van der Waals surface area contributed by atoms with Gasteiger partial charge in [-0.2, -0.15) is 27.1 Å². The molecule has 0 saturated carbocycles. The molecule has 0 atom stereocenters. The molecular weight excluding hydrogens is 521 g/mol. The number of carbonyl (C=O) groups excluding carboxylic acids is 2. The van der Waals surface area contributed by atoms with E-state index in [0.717, 1.165) is 12.1 Å². The van der Waals surface area contributed by atoms with Gasteiger partial charge in [0, 0.05) is 17.1 Å². The number of carbonyl (C=O) groups is 2. The standard InChI is InChI=1S/C20H13F7N6O2S/c1-6-3-8(15(21)22)30-18-12(6)13(14(36-18)16(28)34)31-17(35)9-5-11-29-7(2)4-10(33(11)32-9)19(23,24)20(25,26)27/h3-5,15H,1-2H3,(H2,28,34)(H,31,35). The van der Waals surface area contributed by atoms with Crippen LogP contribution in [-0.2, 0) is 5.92 Å². The molecular formula is C20H13F7N6O2S. The second kappa shape index (κ2) is 8.39.